The van der Waals surface area contributed by atoms with E-state index in [2.05, 4.69) is 336 Å². The minimum Gasteiger partial charge on any atom is -0.456 e. The molecule has 1 aliphatic rings. The van der Waals surface area contributed by atoms with E-state index in [1.165, 1.54) is 49.9 Å². The highest BCUT2D eigenvalue weighted by molar-refractivity contribution is 6.74. The molecule has 0 atom stereocenters. The third-order valence-electron chi connectivity index (χ3n) is 16.9. The van der Waals surface area contributed by atoms with Crippen molar-refractivity contribution in [3.63, 3.8) is 0 Å². The molecule has 5 heteroatoms. The number of furan rings is 1. The summed E-state index contributed by atoms with van der Waals surface area (Å²) in [4.78, 5) is 5.04. The lowest BCUT2D eigenvalue weighted by Crippen LogP contribution is -2.42. The zero-order valence-electron chi connectivity index (χ0n) is 49.1. The van der Waals surface area contributed by atoms with E-state index in [4.69, 9.17) is 4.42 Å². The van der Waals surface area contributed by atoms with Crippen LogP contribution in [0.4, 0.5) is 45.5 Å². The minimum atomic E-state index is -0.246. The van der Waals surface area contributed by atoms with Gasteiger partial charge in [-0.1, -0.05) is 247 Å². The number of nitrogens with zero attached hydrogens (tertiary/aromatic N) is 2. The van der Waals surface area contributed by atoms with Crippen LogP contribution in [0.5, 0.6) is 0 Å². The van der Waals surface area contributed by atoms with Crippen LogP contribution in [0.2, 0.25) is 0 Å². The summed E-state index contributed by atoms with van der Waals surface area (Å²) in [5, 5.41) is 6.16. The average Bonchev–Trinajstić information content (AvgIpc) is 1.91. The van der Waals surface area contributed by atoms with Gasteiger partial charge in [0.15, 0.2) is 7.28 Å². The van der Waals surface area contributed by atoms with Gasteiger partial charge in [0.2, 0.25) is 0 Å². The molecule has 1 aromatic heterocycles. The molecular weight excluding hydrogens is 1030 g/mol. The molecule has 12 aromatic carbocycles. The first-order chi connectivity index (χ1) is 41.4. The van der Waals surface area contributed by atoms with Crippen molar-refractivity contribution in [3.05, 3.63) is 290 Å². The molecule has 85 heavy (non-hydrogen) atoms. The number of benzene rings is 12. The van der Waals surface area contributed by atoms with Crippen LogP contribution in [0.15, 0.2) is 283 Å². The lowest BCUT2D eigenvalue weighted by molar-refractivity contribution is 0.569. The SMILES string of the molecule is CC(C)(C)c1ccc(N2c3cc(N(c4ccc(-c5ccccc5)cc4)c4ccc(-c5ccccc5)cc4)ccc3Bc3c(-c4cc(-c5ccccc5)ccc4Nc4cccc(-c5ccccc5)c4)cc4oc5ccccc5c4c32)c(C(C)(C)C)c1. The summed E-state index contributed by atoms with van der Waals surface area (Å²) in [7, 11) is 0.674. The van der Waals surface area contributed by atoms with Crippen molar-refractivity contribution < 1.29 is 4.42 Å². The molecule has 1 aliphatic heterocycles. The van der Waals surface area contributed by atoms with Crippen molar-refractivity contribution in [1.82, 2.24) is 0 Å². The second-order valence-electron chi connectivity index (χ2n) is 24.6. The molecule has 0 saturated heterocycles. The highest BCUT2D eigenvalue weighted by atomic mass is 16.3. The Morgan fingerprint density at radius 3 is 1.49 bits per heavy atom. The van der Waals surface area contributed by atoms with Crippen LogP contribution in [-0.2, 0) is 10.8 Å². The Balaban J connectivity index is 1.03. The number of nitrogens with one attached hydrogen (secondary N) is 1. The highest BCUT2D eigenvalue weighted by Gasteiger charge is 2.36. The number of hydrogen-bond acceptors (Lipinski definition) is 4. The maximum Gasteiger partial charge on any atom is 0.198 e. The Labute approximate surface area is 500 Å². The van der Waals surface area contributed by atoms with E-state index >= 15 is 0 Å². The predicted molar refractivity (Wildman–Crippen MR) is 364 cm³/mol. The Hall–Kier alpha value is -10.1. The molecule has 0 saturated carbocycles. The Morgan fingerprint density at radius 1 is 0.388 bits per heavy atom. The standard InChI is InChI=1S/C80H66BN3O/c1-79(2,3)61-39-47-72(69(50-61)80(4,5)6)84-73-51-65(83(63-40-34-57(35-41-63)53-22-11-7-12-23-53)64-42-36-58(37-43-64)54-24-13-8-14-25-54)44-45-70(73)81-77-68(52-75-76(78(77)84)66-32-19-20-33-74(66)85-75)67-49-60(56-28-17-10-18-29-56)38-46-71(67)82-62-31-21-30-59(48-62)55-26-15-9-16-27-55/h7-52,81-82H,1-6H3. The van der Waals surface area contributed by atoms with E-state index in [0.29, 0.717) is 7.28 Å². The summed E-state index contributed by atoms with van der Waals surface area (Å²) in [6.07, 6.45) is 0. The fraction of sp³-hybridized carbons (Fsp3) is 0.100. The van der Waals surface area contributed by atoms with Crippen molar-refractivity contribution >= 4 is 85.6 Å². The van der Waals surface area contributed by atoms with E-state index in [1.807, 2.05) is 0 Å². The Kier molecular flexibility index (Phi) is 13.4. The van der Waals surface area contributed by atoms with Crippen LogP contribution in [0, 0.1) is 0 Å². The van der Waals surface area contributed by atoms with E-state index in [-0.39, 0.29) is 10.8 Å². The van der Waals surface area contributed by atoms with Crippen LogP contribution >= 0.6 is 0 Å². The van der Waals surface area contributed by atoms with Crippen LogP contribution < -0.4 is 26.0 Å². The Morgan fingerprint density at radius 2 is 0.906 bits per heavy atom. The van der Waals surface area contributed by atoms with Crippen molar-refractivity contribution in [2.75, 3.05) is 15.1 Å². The smallest absolute Gasteiger partial charge is 0.198 e. The van der Waals surface area contributed by atoms with Gasteiger partial charge in [0.25, 0.3) is 0 Å². The highest BCUT2D eigenvalue weighted by Crippen LogP contribution is 2.51. The molecule has 14 rings (SSSR count). The maximum absolute atomic E-state index is 7.16. The molecule has 0 bridgehead atoms. The normalized spacial score (nSPS) is 12.2. The van der Waals surface area contributed by atoms with E-state index in [9.17, 15) is 0 Å². The molecular formula is C80H66BN3O. The quantitative estimate of drug-likeness (QED) is 0.131. The van der Waals surface area contributed by atoms with Gasteiger partial charge >= 0.3 is 0 Å². The van der Waals surface area contributed by atoms with Crippen molar-refractivity contribution in [1.29, 1.82) is 0 Å². The maximum atomic E-state index is 7.16. The fourth-order valence-corrected chi connectivity index (χ4v) is 12.5. The number of fused-ring (bicyclic) bond motifs is 6. The lowest BCUT2D eigenvalue weighted by atomic mass is 9.57. The number of anilines is 8. The van der Waals surface area contributed by atoms with Gasteiger partial charge in [0.05, 0.1) is 11.1 Å². The molecule has 410 valence electrons. The molecule has 0 aliphatic carbocycles. The van der Waals surface area contributed by atoms with Crippen LogP contribution in [0.25, 0.3) is 77.6 Å². The number of rotatable bonds is 11. The topological polar surface area (TPSA) is 31.6 Å². The lowest BCUT2D eigenvalue weighted by Gasteiger charge is -2.39. The zero-order chi connectivity index (χ0) is 57.8. The summed E-state index contributed by atoms with van der Waals surface area (Å²) in [6, 6.07) is 102. The molecule has 0 amide bonds. The van der Waals surface area contributed by atoms with Gasteiger partial charge in [-0.3, -0.25) is 0 Å². The first-order valence-electron chi connectivity index (χ1n) is 29.7. The van der Waals surface area contributed by atoms with Gasteiger partial charge in [0, 0.05) is 50.8 Å². The number of hydrogen-bond donors (Lipinski definition) is 1. The van der Waals surface area contributed by atoms with Crippen LogP contribution in [-0.4, -0.2) is 7.28 Å². The monoisotopic (exact) mass is 1100 g/mol. The van der Waals surface area contributed by atoms with Crippen molar-refractivity contribution in [2.45, 2.75) is 52.4 Å². The fourth-order valence-electron chi connectivity index (χ4n) is 12.5. The van der Waals surface area contributed by atoms with Gasteiger partial charge in [-0.25, -0.2) is 0 Å². The van der Waals surface area contributed by atoms with Gasteiger partial charge in [0.1, 0.15) is 11.2 Å². The first kappa shape index (κ1) is 52.9. The largest absolute Gasteiger partial charge is 0.456 e. The molecule has 2 heterocycles. The average molecular weight is 1100 g/mol. The summed E-state index contributed by atoms with van der Waals surface area (Å²) >= 11 is 0. The second-order valence-corrected chi connectivity index (χ2v) is 24.6. The molecule has 0 unspecified atom stereocenters. The van der Waals surface area contributed by atoms with Crippen molar-refractivity contribution in [2.24, 2.45) is 0 Å². The Bertz CT molecular complexity index is 4500. The molecule has 0 spiro atoms. The molecule has 13 aromatic rings. The third kappa shape index (κ3) is 10.2. The summed E-state index contributed by atoms with van der Waals surface area (Å²) in [6.45, 7) is 14.0. The molecule has 4 nitrogen and oxygen atoms in total. The summed E-state index contributed by atoms with van der Waals surface area (Å²) in [5.41, 5.74) is 26.5. The number of para-hydroxylation sites is 1. The van der Waals surface area contributed by atoms with E-state index in [0.717, 1.165) is 95.3 Å². The molecule has 0 radical (unpaired) electrons. The minimum absolute atomic E-state index is 0.0784. The van der Waals surface area contributed by atoms with E-state index in [1.54, 1.807) is 0 Å². The zero-order valence-corrected chi connectivity index (χ0v) is 49.1. The third-order valence-corrected chi connectivity index (χ3v) is 16.9. The van der Waals surface area contributed by atoms with Gasteiger partial charge in [-0.15, -0.1) is 0 Å². The summed E-state index contributed by atoms with van der Waals surface area (Å²) < 4.78 is 7.16. The summed E-state index contributed by atoms with van der Waals surface area (Å²) in [5.74, 6) is 0. The first-order valence-corrected chi connectivity index (χ1v) is 29.7. The van der Waals surface area contributed by atoms with Crippen LogP contribution in [0.3, 0.4) is 0 Å². The predicted octanol–water partition coefficient (Wildman–Crippen LogP) is 20.9. The van der Waals surface area contributed by atoms with Gasteiger partial charge in [-0.05, 0) is 156 Å². The molecule has 0 fully saturated rings. The second kappa shape index (κ2) is 21.6. The van der Waals surface area contributed by atoms with Gasteiger partial charge in [-0.2, -0.15) is 0 Å². The van der Waals surface area contributed by atoms with Crippen molar-refractivity contribution in [3.8, 4) is 55.6 Å². The van der Waals surface area contributed by atoms with Gasteiger partial charge < -0.3 is 19.5 Å². The van der Waals surface area contributed by atoms with Crippen LogP contribution in [0.1, 0.15) is 52.7 Å². The van der Waals surface area contributed by atoms with E-state index < -0.39 is 0 Å². The molecule has 1 N–H and O–H groups in total.